The number of rotatable bonds is 8. The van der Waals surface area contributed by atoms with Crippen LogP contribution >= 0.6 is 12.2 Å². The fourth-order valence-electron chi connectivity index (χ4n) is 3.96. The summed E-state index contributed by atoms with van der Waals surface area (Å²) >= 11 is 5.72. The molecule has 1 unspecified atom stereocenters. The van der Waals surface area contributed by atoms with Gasteiger partial charge in [-0.2, -0.15) is 0 Å². The van der Waals surface area contributed by atoms with E-state index in [9.17, 15) is 14.4 Å². The first-order valence-corrected chi connectivity index (χ1v) is 11.6. The molecule has 3 aromatic rings. The fraction of sp³-hybridized carbons (Fsp3) is 0.185. The number of carbonyl (C=O) groups is 3. The minimum absolute atomic E-state index is 0.1000. The van der Waals surface area contributed by atoms with Gasteiger partial charge in [0.05, 0.1) is 31.9 Å². The number of amides is 2. The van der Waals surface area contributed by atoms with Gasteiger partial charge in [0.15, 0.2) is 5.11 Å². The third kappa shape index (κ3) is 5.36. The monoisotopic (exact) mass is 503 g/mol. The van der Waals surface area contributed by atoms with Gasteiger partial charge in [-0.3, -0.25) is 14.5 Å². The minimum atomic E-state index is -0.783. The van der Waals surface area contributed by atoms with Crippen molar-refractivity contribution in [2.75, 3.05) is 24.4 Å². The Kier molecular flexibility index (Phi) is 7.60. The molecule has 1 N–H and O–H groups in total. The van der Waals surface area contributed by atoms with Crippen LogP contribution < -0.4 is 15.0 Å². The van der Waals surface area contributed by atoms with E-state index in [0.29, 0.717) is 34.3 Å². The molecular weight excluding hydrogens is 478 g/mol. The van der Waals surface area contributed by atoms with Gasteiger partial charge in [-0.25, -0.2) is 4.79 Å². The zero-order valence-electron chi connectivity index (χ0n) is 19.8. The molecule has 2 amide bonds. The van der Waals surface area contributed by atoms with E-state index < -0.39 is 12.0 Å². The molecule has 1 fully saturated rings. The quantitative estimate of drug-likeness (QED) is 0.367. The number of hydrogen-bond acceptors (Lipinski definition) is 6. The first kappa shape index (κ1) is 24.9. The highest BCUT2D eigenvalue weighted by atomic mass is 32.1. The predicted octanol–water partition coefficient (Wildman–Crippen LogP) is 4.01. The second kappa shape index (κ2) is 11.0. The summed E-state index contributed by atoms with van der Waals surface area (Å²) in [6.45, 7) is 0.379. The number of esters is 1. The van der Waals surface area contributed by atoms with Crippen molar-refractivity contribution >= 4 is 46.5 Å². The molecule has 1 saturated heterocycles. The molecule has 1 atom stereocenters. The Hall–Kier alpha value is -4.24. The van der Waals surface area contributed by atoms with Gasteiger partial charge in [0, 0.05) is 12.2 Å². The van der Waals surface area contributed by atoms with Crippen molar-refractivity contribution in [2.45, 2.75) is 19.0 Å². The van der Waals surface area contributed by atoms with E-state index in [1.54, 1.807) is 60.5 Å². The van der Waals surface area contributed by atoms with Gasteiger partial charge in [0.2, 0.25) is 5.91 Å². The average Bonchev–Trinajstić information content (AvgIpc) is 3.13. The van der Waals surface area contributed by atoms with Crippen LogP contribution in [-0.4, -0.2) is 48.1 Å². The van der Waals surface area contributed by atoms with E-state index in [1.807, 2.05) is 30.3 Å². The van der Waals surface area contributed by atoms with Crippen LogP contribution in [0.5, 0.6) is 5.75 Å². The molecule has 8 nitrogen and oxygen atoms in total. The standard InChI is InChI=1S/C27H25N3O5S/c1-34-22-14-12-21(13-15-22)30-25(32)23(29(27(30)36)17-18-6-4-3-5-7-18)16-24(31)28-20-10-8-19(9-11-20)26(33)35-2/h3-15,23H,16-17H2,1-2H3,(H,28,31). The summed E-state index contributed by atoms with van der Waals surface area (Å²) in [4.78, 5) is 41.4. The summed E-state index contributed by atoms with van der Waals surface area (Å²) in [7, 11) is 2.87. The van der Waals surface area contributed by atoms with Gasteiger partial charge in [0.1, 0.15) is 11.8 Å². The molecule has 36 heavy (non-hydrogen) atoms. The fourth-order valence-corrected chi connectivity index (χ4v) is 4.35. The topological polar surface area (TPSA) is 88.2 Å². The Balaban J connectivity index is 1.55. The lowest BCUT2D eigenvalue weighted by Gasteiger charge is -2.24. The molecule has 1 aliphatic rings. The predicted molar refractivity (Wildman–Crippen MR) is 140 cm³/mol. The maximum Gasteiger partial charge on any atom is 0.337 e. The van der Waals surface area contributed by atoms with Crippen LogP contribution in [0.3, 0.4) is 0 Å². The summed E-state index contributed by atoms with van der Waals surface area (Å²) in [5, 5.41) is 3.12. The Bertz CT molecular complexity index is 1260. The highest BCUT2D eigenvalue weighted by molar-refractivity contribution is 7.80. The van der Waals surface area contributed by atoms with Crippen LogP contribution in [-0.2, 0) is 20.9 Å². The van der Waals surface area contributed by atoms with E-state index >= 15 is 0 Å². The minimum Gasteiger partial charge on any atom is -0.497 e. The van der Waals surface area contributed by atoms with E-state index in [0.717, 1.165) is 5.56 Å². The first-order chi connectivity index (χ1) is 17.4. The summed E-state index contributed by atoms with van der Waals surface area (Å²) in [6.07, 6.45) is -0.1000. The number of anilines is 2. The smallest absolute Gasteiger partial charge is 0.337 e. The molecule has 1 aliphatic heterocycles. The van der Waals surface area contributed by atoms with Crippen molar-refractivity contribution in [1.29, 1.82) is 0 Å². The highest BCUT2D eigenvalue weighted by Crippen LogP contribution is 2.30. The van der Waals surface area contributed by atoms with Gasteiger partial charge in [-0.05, 0) is 66.3 Å². The van der Waals surface area contributed by atoms with Gasteiger partial charge in [-0.1, -0.05) is 30.3 Å². The van der Waals surface area contributed by atoms with E-state index in [2.05, 4.69) is 5.32 Å². The molecule has 0 spiro atoms. The van der Waals surface area contributed by atoms with Crippen molar-refractivity contribution in [3.8, 4) is 5.75 Å². The van der Waals surface area contributed by atoms with Crippen LogP contribution in [0.25, 0.3) is 0 Å². The van der Waals surface area contributed by atoms with Crippen molar-refractivity contribution in [1.82, 2.24) is 4.90 Å². The molecule has 1 heterocycles. The molecule has 184 valence electrons. The van der Waals surface area contributed by atoms with Crippen molar-refractivity contribution in [2.24, 2.45) is 0 Å². The number of nitrogens with one attached hydrogen (secondary N) is 1. The molecule has 0 radical (unpaired) electrons. The third-order valence-corrected chi connectivity index (χ3v) is 6.23. The number of ether oxygens (including phenoxy) is 2. The second-order valence-corrected chi connectivity index (χ2v) is 8.47. The van der Waals surface area contributed by atoms with Crippen LogP contribution in [0.4, 0.5) is 11.4 Å². The number of thiocarbonyl (C=S) groups is 1. The Labute approximate surface area is 214 Å². The molecule has 0 bridgehead atoms. The summed E-state index contributed by atoms with van der Waals surface area (Å²) in [5.74, 6) is -0.436. The van der Waals surface area contributed by atoms with E-state index in [1.165, 1.54) is 12.0 Å². The van der Waals surface area contributed by atoms with E-state index in [-0.39, 0.29) is 18.2 Å². The van der Waals surface area contributed by atoms with Crippen LogP contribution in [0, 0.1) is 0 Å². The van der Waals surface area contributed by atoms with Crippen LogP contribution in [0.15, 0.2) is 78.9 Å². The summed E-state index contributed by atoms with van der Waals surface area (Å²) in [6, 6.07) is 22.2. The lowest BCUT2D eigenvalue weighted by atomic mass is 10.1. The normalized spacial score (nSPS) is 15.1. The third-order valence-electron chi connectivity index (χ3n) is 5.81. The van der Waals surface area contributed by atoms with Gasteiger partial charge in [-0.15, -0.1) is 0 Å². The maximum absolute atomic E-state index is 13.5. The molecule has 4 rings (SSSR count). The first-order valence-electron chi connectivity index (χ1n) is 11.2. The number of nitrogens with zero attached hydrogens (tertiary/aromatic N) is 2. The van der Waals surface area contributed by atoms with Gasteiger partial charge < -0.3 is 19.7 Å². The van der Waals surface area contributed by atoms with Crippen LogP contribution in [0.2, 0.25) is 0 Å². The Morgan fingerprint density at radius 3 is 2.22 bits per heavy atom. The lowest BCUT2D eigenvalue weighted by molar-refractivity contribution is -0.124. The number of carbonyl (C=O) groups excluding carboxylic acids is 3. The molecule has 0 aliphatic carbocycles. The zero-order valence-corrected chi connectivity index (χ0v) is 20.7. The molecule has 0 aromatic heterocycles. The van der Waals surface area contributed by atoms with E-state index in [4.69, 9.17) is 21.7 Å². The average molecular weight is 504 g/mol. The zero-order chi connectivity index (χ0) is 25.7. The number of hydrogen-bond donors (Lipinski definition) is 1. The Morgan fingerprint density at radius 1 is 0.944 bits per heavy atom. The summed E-state index contributed by atoms with van der Waals surface area (Å²) < 4.78 is 9.91. The van der Waals surface area contributed by atoms with Crippen molar-refractivity contribution in [3.05, 3.63) is 90.0 Å². The second-order valence-electron chi connectivity index (χ2n) is 8.10. The van der Waals surface area contributed by atoms with Crippen molar-refractivity contribution in [3.63, 3.8) is 0 Å². The number of methoxy groups -OCH3 is 2. The molecule has 0 saturated carbocycles. The van der Waals surface area contributed by atoms with Gasteiger partial charge in [0.25, 0.3) is 5.91 Å². The lowest BCUT2D eigenvalue weighted by Crippen LogP contribution is -2.37. The molecule has 9 heteroatoms. The van der Waals surface area contributed by atoms with Crippen molar-refractivity contribution < 1.29 is 23.9 Å². The highest BCUT2D eigenvalue weighted by Gasteiger charge is 2.44. The number of benzene rings is 3. The van der Waals surface area contributed by atoms with Gasteiger partial charge >= 0.3 is 5.97 Å². The van der Waals surface area contributed by atoms with Crippen LogP contribution in [0.1, 0.15) is 22.3 Å². The Morgan fingerprint density at radius 2 is 1.61 bits per heavy atom. The maximum atomic E-state index is 13.5. The molecule has 3 aromatic carbocycles. The largest absolute Gasteiger partial charge is 0.497 e. The molecular formula is C27H25N3O5S. The summed E-state index contributed by atoms with van der Waals surface area (Å²) in [5.41, 5.74) is 2.44. The SMILES string of the molecule is COC(=O)c1ccc(NC(=O)CC2C(=O)N(c3ccc(OC)cc3)C(=S)N2Cc2ccccc2)cc1.